The lowest BCUT2D eigenvalue weighted by Crippen LogP contribution is -2.19. The van der Waals surface area contributed by atoms with Crippen molar-refractivity contribution < 1.29 is 0 Å². The molecule has 0 fully saturated rings. The lowest BCUT2D eigenvalue weighted by atomic mass is 9.84. The highest BCUT2D eigenvalue weighted by atomic mass is 14.6. The summed E-state index contributed by atoms with van der Waals surface area (Å²) in [5, 5.41) is 0. The molecule has 2 N–H and O–H groups in total. The van der Waals surface area contributed by atoms with Crippen LogP contribution in [0.15, 0.2) is 18.2 Å². The minimum Gasteiger partial charge on any atom is -0.324 e. The van der Waals surface area contributed by atoms with Gasteiger partial charge in [0.05, 0.1) is 0 Å². The highest BCUT2D eigenvalue weighted by Crippen LogP contribution is 2.30. The highest BCUT2D eigenvalue weighted by molar-refractivity contribution is 5.39. The van der Waals surface area contributed by atoms with Gasteiger partial charge in [0.2, 0.25) is 0 Å². The summed E-state index contributed by atoms with van der Waals surface area (Å²) < 4.78 is 0. The van der Waals surface area contributed by atoms with Gasteiger partial charge in [0.1, 0.15) is 0 Å². The Kier molecular flexibility index (Phi) is 2.36. The monoisotopic (exact) mass is 175 g/mol. The van der Waals surface area contributed by atoms with E-state index in [0.717, 1.165) is 12.8 Å². The van der Waals surface area contributed by atoms with Gasteiger partial charge < -0.3 is 5.73 Å². The van der Waals surface area contributed by atoms with Crippen molar-refractivity contribution in [2.75, 3.05) is 0 Å². The van der Waals surface area contributed by atoms with Crippen LogP contribution in [-0.2, 0) is 12.8 Å². The minimum absolute atomic E-state index is 0.292. The number of aryl methyl sites for hydroxylation is 2. The van der Waals surface area contributed by atoms with E-state index in [9.17, 15) is 0 Å². The highest BCUT2D eigenvalue weighted by Gasteiger charge is 2.18. The molecular weight excluding hydrogens is 158 g/mol. The lowest BCUT2D eigenvalue weighted by Gasteiger charge is -2.24. The lowest BCUT2D eigenvalue weighted by molar-refractivity contribution is 0.565. The smallest absolute Gasteiger partial charge is 0.0300 e. The number of fused-ring (bicyclic) bond motifs is 1. The molecule has 0 bridgehead atoms. The van der Waals surface area contributed by atoms with Crippen LogP contribution in [0.25, 0.3) is 0 Å². The van der Waals surface area contributed by atoms with Crippen LogP contribution in [0.1, 0.15) is 42.5 Å². The first-order valence-electron chi connectivity index (χ1n) is 5.19. The van der Waals surface area contributed by atoms with Gasteiger partial charge in [0.15, 0.2) is 0 Å². The van der Waals surface area contributed by atoms with Crippen molar-refractivity contribution in [2.45, 2.75) is 38.6 Å². The van der Waals surface area contributed by atoms with Crippen molar-refractivity contribution in [1.29, 1.82) is 0 Å². The molecule has 1 atom stereocenters. The zero-order valence-corrected chi connectivity index (χ0v) is 8.22. The second-order valence-corrected chi connectivity index (χ2v) is 3.84. The fraction of sp³-hybridized carbons (Fsp3) is 0.500. The summed E-state index contributed by atoms with van der Waals surface area (Å²) in [7, 11) is 0. The van der Waals surface area contributed by atoms with Gasteiger partial charge in [0, 0.05) is 6.04 Å². The predicted molar refractivity (Wildman–Crippen MR) is 55.7 cm³/mol. The van der Waals surface area contributed by atoms with Crippen molar-refractivity contribution in [3.05, 3.63) is 34.9 Å². The number of rotatable bonds is 1. The van der Waals surface area contributed by atoms with Crippen molar-refractivity contribution in [3.63, 3.8) is 0 Å². The summed E-state index contributed by atoms with van der Waals surface area (Å²) in [4.78, 5) is 0. The van der Waals surface area contributed by atoms with E-state index in [4.69, 9.17) is 5.73 Å². The molecule has 0 radical (unpaired) electrons. The predicted octanol–water partition coefficient (Wildman–Crippen LogP) is 2.59. The van der Waals surface area contributed by atoms with Crippen LogP contribution in [0.3, 0.4) is 0 Å². The summed E-state index contributed by atoms with van der Waals surface area (Å²) >= 11 is 0. The zero-order chi connectivity index (χ0) is 9.26. The van der Waals surface area contributed by atoms with Crippen molar-refractivity contribution in [3.8, 4) is 0 Å². The number of hydrogen-bond acceptors (Lipinski definition) is 1. The Hall–Kier alpha value is -0.820. The van der Waals surface area contributed by atoms with E-state index in [2.05, 4.69) is 25.1 Å². The summed E-state index contributed by atoms with van der Waals surface area (Å²) in [5.41, 5.74) is 10.5. The van der Waals surface area contributed by atoms with Gasteiger partial charge in [0.25, 0.3) is 0 Å². The van der Waals surface area contributed by atoms with E-state index < -0.39 is 0 Å². The average molecular weight is 175 g/mol. The van der Waals surface area contributed by atoms with Gasteiger partial charge >= 0.3 is 0 Å². The largest absolute Gasteiger partial charge is 0.324 e. The Balaban J connectivity index is 2.50. The maximum absolute atomic E-state index is 6.12. The van der Waals surface area contributed by atoms with E-state index in [1.165, 1.54) is 29.5 Å². The van der Waals surface area contributed by atoms with Gasteiger partial charge in [-0.3, -0.25) is 0 Å². The second kappa shape index (κ2) is 3.51. The maximum Gasteiger partial charge on any atom is 0.0300 e. The van der Waals surface area contributed by atoms with Crippen molar-refractivity contribution >= 4 is 0 Å². The molecule has 2 rings (SSSR count). The molecule has 1 aromatic rings. The van der Waals surface area contributed by atoms with Crippen LogP contribution in [0.4, 0.5) is 0 Å². The molecule has 1 unspecified atom stereocenters. The Bertz CT molecular complexity index is 290. The van der Waals surface area contributed by atoms with Crippen molar-refractivity contribution in [2.24, 2.45) is 5.73 Å². The first-order valence-corrected chi connectivity index (χ1v) is 5.19. The summed E-state index contributed by atoms with van der Waals surface area (Å²) in [5.74, 6) is 0. The quantitative estimate of drug-likeness (QED) is 0.697. The molecule has 0 saturated carbocycles. The SMILES string of the molecule is CCc1cccc2c1C(N)CCC2. The minimum atomic E-state index is 0.292. The van der Waals surface area contributed by atoms with Crippen LogP contribution in [0.2, 0.25) is 0 Å². The summed E-state index contributed by atoms with van der Waals surface area (Å²) in [6.07, 6.45) is 4.74. The first-order chi connectivity index (χ1) is 6.33. The molecule has 0 aromatic heterocycles. The summed E-state index contributed by atoms with van der Waals surface area (Å²) in [6.45, 7) is 2.21. The molecule has 70 valence electrons. The topological polar surface area (TPSA) is 26.0 Å². The van der Waals surface area contributed by atoms with Gasteiger partial charge in [-0.05, 0) is 42.4 Å². The third kappa shape index (κ3) is 1.49. The van der Waals surface area contributed by atoms with Crippen LogP contribution < -0.4 is 5.73 Å². The Labute approximate surface area is 80.0 Å². The van der Waals surface area contributed by atoms with Gasteiger partial charge in [-0.15, -0.1) is 0 Å². The van der Waals surface area contributed by atoms with Crippen molar-refractivity contribution in [1.82, 2.24) is 0 Å². The molecule has 0 aliphatic heterocycles. The van der Waals surface area contributed by atoms with E-state index >= 15 is 0 Å². The van der Waals surface area contributed by atoms with Crippen LogP contribution in [0, 0.1) is 0 Å². The maximum atomic E-state index is 6.12. The van der Waals surface area contributed by atoms with Crippen LogP contribution >= 0.6 is 0 Å². The summed E-state index contributed by atoms with van der Waals surface area (Å²) in [6, 6.07) is 6.90. The average Bonchev–Trinajstić information content (AvgIpc) is 2.17. The number of hydrogen-bond donors (Lipinski definition) is 1. The molecule has 1 nitrogen and oxygen atoms in total. The third-order valence-electron chi connectivity index (χ3n) is 3.00. The van der Waals surface area contributed by atoms with E-state index in [0.29, 0.717) is 6.04 Å². The fourth-order valence-corrected chi connectivity index (χ4v) is 2.33. The number of benzene rings is 1. The Morgan fingerprint density at radius 2 is 2.31 bits per heavy atom. The molecule has 0 amide bonds. The van der Waals surface area contributed by atoms with Crippen LogP contribution in [0.5, 0.6) is 0 Å². The third-order valence-corrected chi connectivity index (χ3v) is 3.00. The molecule has 1 aliphatic rings. The van der Waals surface area contributed by atoms with E-state index in [-0.39, 0.29) is 0 Å². The van der Waals surface area contributed by atoms with Gasteiger partial charge in [-0.1, -0.05) is 25.1 Å². The molecule has 1 aromatic carbocycles. The molecule has 1 aliphatic carbocycles. The zero-order valence-electron chi connectivity index (χ0n) is 8.22. The normalized spacial score (nSPS) is 21.2. The number of nitrogens with two attached hydrogens (primary N) is 1. The van der Waals surface area contributed by atoms with E-state index in [1.54, 1.807) is 0 Å². The molecular formula is C12H17N. The van der Waals surface area contributed by atoms with Gasteiger partial charge in [-0.25, -0.2) is 0 Å². The Morgan fingerprint density at radius 1 is 1.46 bits per heavy atom. The molecule has 0 spiro atoms. The first kappa shape index (κ1) is 8.76. The van der Waals surface area contributed by atoms with Crippen LogP contribution in [-0.4, -0.2) is 0 Å². The molecule has 1 heteroatoms. The molecule has 13 heavy (non-hydrogen) atoms. The Morgan fingerprint density at radius 3 is 3.08 bits per heavy atom. The standard InChI is InChI=1S/C12H17N/c1-2-9-5-3-6-10-7-4-8-11(13)12(9)10/h3,5-6,11H,2,4,7-8,13H2,1H3. The molecule has 0 heterocycles. The molecule has 0 saturated heterocycles. The fourth-order valence-electron chi connectivity index (χ4n) is 2.33. The van der Waals surface area contributed by atoms with Gasteiger partial charge in [-0.2, -0.15) is 0 Å². The second-order valence-electron chi connectivity index (χ2n) is 3.84. The van der Waals surface area contributed by atoms with E-state index in [1.807, 2.05) is 0 Å².